The fourth-order valence-electron chi connectivity index (χ4n) is 2.05. The number of aliphatic carboxylic acids is 1. The van der Waals surface area contributed by atoms with Gasteiger partial charge in [0.2, 0.25) is 0 Å². The summed E-state index contributed by atoms with van der Waals surface area (Å²) in [5, 5.41) is 9.73. The van der Waals surface area contributed by atoms with Crippen LogP contribution >= 0.6 is 23.2 Å². The van der Waals surface area contributed by atoms with Crippen LogP contribution in [0, 0.1) is 6.92 Å². The topological polar surface area (TPSA) is 99.6 Å². The zero-order valence-corrected chi connectivity index (χ0v) is 15.4. The van der Waals surface area contributed by atoms with E-state index in [-0.39, 0.29) is 21.3 Å². The normalized spacial score (nSPS) is 11.7. The minimum atomic E-state index is -1.25. The Labute approximate surface area is 159 Å². The number of aromatic nitrogens is 1. The first kappa shape index (κ1) is 19.8. The lowest BCUT2D eigenvalue weighted by atomic mass is 10.2. The molecule has 0 aliphatic heterocycles. The van der Waals surface area contributed by atoms with Crippen molar-refractivity contribution >= 4 is 41.0 Å². The molecule has 0 aliphatic carbocycles. The number of amides is 2. The SMILES string of the molecule is Cc1cccc(C(=O)N(N[C@@H](C)C(=O)O)C(=O)c2c(Cl)cccc2Cl)n1. The highest BCUT2D eigenvalue weighted by molar-refractivity contribution is 6.40. The number of carboxylic acid groups (broad SMARTS) is 1. The third-order valence-electron chi connectivity index (χ3n) is 3.38. The van der Waals surface area contributed by atoms with Crippen LogP contribution in [-0.4, -0.2) is 38.9 Å². The summed E-state index contributed by atoms with van der Waals surface area (Å²) < 4.78 is 0. The molecule has 1 atom stereocenters. The molecule has 136 valence electrons. The molecule has 9 heteroatoms. The van der Waals surface area contributed by atoms with E-state index in [1.165, 1.54) is 25.1 Å². The van der Waals surface area contributed by atoms with Crippen LogP contribution in [0.1, 0.15) is 33.5 Å². The van der Waals surface area contributed by atoms with E-state index in [0.29, 0.717) is 10.7 Å². The van der Waals surface area contributed by atoms with Crippen molar-refractivity contribution in [1.29, 1.82) is 0 Å². The standard InChI is InChI=1S/C17H15Cl2N3O4/c1-9-5-3-8-13(20-9)15(23)22(21-10(2)17(25)26)16(24)14-11(18)6-4-7-12(14)19/h3-8,10,21H,1-2H3,(H,25,26)/t10-/m0/s1. The number of carbonyl (C=O) groups excluding carboxylic acids is 2. The Morgan fingerprint density at radius 3 is 2.19 bits per heavy atom. The Bertz CT molecular complexity index is 853. The van der Waals surface area contributed by atoms with E-state index in [4.69, 9.17) is 28.3 Å². The third-order valence-corrected chi connectivity index (χ3v) is 4.01. The summed E-state index contributed by atoms with van der Waals surface area (Å²) in [5.74, 6) is -2.97. The zero-order chi connectivity index (χ0) is 19.4. The van der Waals surface area contributed by atoms with Gasteiger partial charge in [-0.15, -0.1) is 0 Å². The van der Waals surface area contributed by atoms with Crippen molar-refractivity contribution in [3.05, 3.63) is 63.4 Å². The Morgan fingerprint density at radius 2 is 1.65 bits per heavy atom. The van der Waals surface area contributed by atoms with E-state index in [9.17, 15) is 14.4 Å². The van der Waals surface area contributed by atoms with Crippen LogP contribution < -0.4 is 5.43 Å². The molecule has 26 heavy (non-hydrogen) atoms. The quantitative estimate of drug-likeness (QED) is 0.596. The summed E-state index contributed by atoms with van der Waals surface area (Å²) in [7, 11) is 0. The number of nitrogens with zero attached hydrogens (tertiary/aromatic N) is 2. The Kier molecular flexibility index (Phi) is 6.31. The van der Waals surface area contributed by atoms with Crippen molar-refractivity contribution < 1.29 is 19.5 Å². The molecule has 1 aromatic heterocycles. The lowest BCUT2D eigenvalue weighted by Gasteiger charge is -2.24. The third kappa shape index (κ3) is 4.37. The molecule has 0 saturated carbocycles. The Hall–Kier alpha value is -2.48. The highest BCUT2D eigenvalue weighted by Gasteiger charge is 2.31. The monoisotopic (exact) mass is 395 g/mol. The van der Waals surface area contributed by atoms with Gasteiger partial charge in [0.15, 0.2) is 0 Å². The number of imide groups is 1. The number of pyridine rings is 1. The van der Waals surface area contributed by atoms with E-state index in [0.717, 1.165) is 0 Å². The fourth-order valence-corrected chi connectivity index (χ4v) is 2.61. The van der Waals surface area contributed by atoms with Crippen LogP contribution in [0.4, 0.5) is 0 Å². The van der Waals surface area contributed by atoms with Crippen molar-refractivity contribution in [3.8, 4) is 0 Å². The predicted molar refractivity (Wildman–Crippen MR) is 96.2 cm³/mol. The van der Waals surface area contributed by atoms with E-state index in [1.807, 2.05) is 0 Å². The highest BCUT2D eigenvalue weighted by Crippen LogP contribution is 2.26. The number of carbonyl (C=O) groups is 3. The maximum absolute atomic E-state index is 12.9. The van der Waals surface area contributed by atoms with Gasteiger partial charge in [0.1, 0.15) is 11.7 Å². The number of hydrazine groups is 1. The number of halogens is 2. The number of hydrogen-bond acceptors (Lipinski definition) is 5. The summed E-state index contributed by atoms with van der Waals surface area (Å²) in [6, 6.07) is 7.89. The van der Waals surface area contributed by atoms with Gasteiger partial charge in [0.05, 0.1) is 15.6 Å². The molecule has 1 heterocycles. The first-order valence-corrected chi connectivity index (χ1v) is 8.23. The second-order valence-corrected chi connectivity index (χ2v) is 6.21. The number of hydrogen-bond donors (Lipinski definition) is 2. The summed E-state index contributed by atoms with van der Waals surface area (Å²) in [4.78, 5) is 40.9. The molecule has 0 bridgehead atoms. The van der Waals surface area contributed by atoms with Gasteiger partial charge < -0.3 is 5.11 Å². The van der Waals surface area contributed by atoms with E-state index >= 15 is 0 Å². The Morgan fingerprint density at radius 1 is 1.08 bits per heavy atom. The molecule has 1 aromatic carbocycles. The van der Waals surface area contributed by atoms with Gasteiger partial charge in [-0.2, -0.15) is 0 Å². The molecule has 0 fully saturated rings. The number of carboxylic acids is 1. The molecule has 2 aromatic rings. The predicted octanol–water partition coefficient (Wildman–Crippen LogP) is 2.96. The minimum absolute atomic E-state index is 0.0299. The van der Waals surface area contributed by atoms with Crippen molar-refractivity contribution in [1.82, 2.24) is 15.4 Å². The number of aryl methyl sites for hydroxylation is 1. The van der Waals surface area contributed by atoms with E-state index in [2.05, 4.69) is 10.4 Å². The highest BCUT2D eigenvalue weighted by atomic mass is 35.5. The van der Waals surface area contributed by atoms with Crippen LogP contribution in [0.5, 0.6) is 0 Å². The van der Waals surface area contributed by atoms with Crippen LogP contribution in [-0.2, 0) is 4.79 Å². The molecular weight excluding hydrogens is 381 g/mol. The largest absolute Gasteiger partial charge is 0.480 e. The van der Waals surface area contributed by atoms with Crippen LogP contribution in [0.2, 0.25) is 10.0 Å². The lowest BCUT2D eigenvalue weighted by Crippen LogP contribution is -2.53. The fraction of sp³-hybridized carbons (Fsp3) is 0.176. The average Bonchev–Trinajstić information content (AvgIpc) is 2.58. The molecule has 0 aliphatic rings. The van der Waals surface area contributed by atoms with Gasteiger partial charge in [-0.05, 0) is 38.1 Å². The molecular formula is C17H15Cl2N3O4. The Balaban J connectivity index is 2.48. The van der Waals surface area contributed by atoms with Crippen LogP contribution in [0.25, 0.3) is 0 Å². The smallest absolute Gasteiger partial charge is 0.322 e. The van der Waals surface area contributed by atoms with Gasteiger partial charge in [-0.3, -0.25) is 14.4 Å². The maximum Gasteiger partial charge on any atom is 0.322 e. The van der Waals surface area contributed by atoms with Gasteiger partial charge in [-0.1, -0.05) is 35.3 Å². The first-order valence-electron chi connectivity index (χ1n) is 7.47. The summed E-state index contributed by atoms with van der Waals surface area (Å²) >= 11 is 12.1. The summed E-state index contributed by atoms with van der Waals surface area (Å²) in [5.41, 5.74) is 2.77. The van der Waals surface area contributed by atoms with Crippen molar-refractivity contribution in [2.45, 2.75) is 19.9 Å². The number of nitrogens with one attached hydrogen (secondary N) is 1. The number of benzene rings is 1. The summed E-state index contributed by atoms with van der Waals surface area (Å²) in [6.45, 7) is 2.97. The van der Waals surface area contributed by atoms with Gasteiger partial charge in [-0.25, -0.2) is 15.4 Å². The van der Waals surface area contributed by atoms with Crippen molar-refractivity contribution in [2.24, 2.45) is 0 Å². The lowest BCUT2D eigenvalue weighted by molar-refractivity contribution is -0.139. The maximum atomic E-state index is 12.9. The van der Waals surface area contributed by atoms with Gasteiger partial charge in [0, 0.05) is 5.69 Å². The molecule has 2 N–H and O–H groups in total. The van der Waals surface area contributed by atoms with Gasteiger partial charge in [0.25, 0.3) is 11.8 Å². The van der Waals surface area contributed by atoms with Crippen LogP contribution in [0.15, 0.2) is 36.4 Å². The second kappa shape index (κ2) is 8.27. The van der Waals surface area contributed by atoms with E-state index in [1.54, 1.807) is 25.1 Å². The average molecular weight is 396 g/mol. The molecule has 7 nitrogen and oxygen atoms in total. The molecule has 0 radical (unpaired) electrons. The molecule has 0 spiro atoms. The van der Waals surface area contributed by atoms with Crippen LogP contribution in [0.3, 0.4) is 0 Å². The molecule has 2 amide bonds. The zero-order valence-electron chi connectivity index (χ0n) is 13.9. The number of rotatable bonds is 5. The first-order chi connectivity index (χ1) is 12.2. The van der Waals surface area contributed by atoms with E-state index < -0.39 is 23.8 Å². The van der Waals surface area contributed by atoms with Gasteiger partial charge >= 0.3 is 5.97 Å². The minimum Gasteiger partial charge on any atom is -0.480 e. The van der Waals surface area contributed by atoms with Crippen molar-refractivity contribution in [2.75, 3.05) is 0 Å². The molecule has 2 rings (SSSR count). The van der Waals surface area contributed by atoms with Crippen molar-refractivity contribution in [3.63, 3.8) is 0 Å². The second-order valence-electron chi connectivity index (χ2n) is 5.40. The summed E-state index contributed by atoms with van der Waals surface area (Å²) in [6.07, 6.45) is 0. The molecule has 0 unspecified atom stereocenters. The molecule has 0 saturated heterocycles.